The molecule has 6 nitrogen and oxygen atoms in total. The number of nitrogen functional groups attached to an aromatic ring is 1. The Kier molecular flexibility index (Phi) is 4.24. The minimum absolute atomic E-state index is 0.439. The van der Waals surface area contributed by atoms with Gasteiger partial charge in [-0.2, -0.15) is 0 Å². The highest BCUT2D eigenvalue weighted by Gasteiger charge is 2.05. The van der Waals surface area contributed by atoms with Gasteiger partial charge < -0.3 is 20.5 Å². The molecule has 0 atom stereocenters. The summed E-state index contributed by atoms with van der Waals surface area (Å²) in [5, 5.41) is 3.18. The Morgan fingerprint density at radius 2 is 1.70 bits per heavy atom. The molecule has 0 aliphatic heterocycles. The van der Waals surface area contributed by atoms with Crippen LogP contribution in [-0.4, -0.2) is 24.2 Å². The first kappa shape index (κ1) is 13.9. The van der Waals surface area contributed by atoms with E-state index >= 15 is 0 Å². The summed E-state index contributed by atoms with van der Waals surface area (Å²) < 4.78 is 10.5. The van der Waals surface area contributed by atoms with E-state index in [4.69, 9.17) is 15.2 Å². The van der Waals surface area contributed by atoms with Crippen molar-refractivity contribution in [3.63, 3.8) is 0 Å². The van der Waals surface area contributed by atoms with Crippen LogP contribution in [-0.2, 0) is 6.42 Å². The van der Waals surface area contributed by atoms with Gasteiger partial charge in [0.25, 0.3) is 0 Å². The predicted octanol–water partition coefficient (Wildman–Crippen LogP) is 2.38. The van der Waals surface area contributed by atoms with Gasteiger partial charge in [0.05, 0.1) is 14.2 Å². The van der Waals surface area contributed by atoms with E-state index in [1.54, 1.807) is 26.4 Å². The van der Waals surface area contributed by atoms with Crippen molar-refractivity contribution in [2.75, 3.05) is 25.3 Å². The minimum Gasteiger partial charge on any atom is -0.497 e. The second-order valence-corrected chi connectivity index (χ2v) is 4.17. The van der Waals surface area contributed by atoms with Crippen LogP contribution < -0.4 is 20.5 Å². The third kappa shape index (κ3) is 3.28. The standard InChI is InChI=1S/C14H18N4O2/c1-4-13-17-12(15)8-14(18-13)16-9-5-10(19-2)7-11(6-9)20-3/h5-8H,4H2,1-3H3,(H3,15,16,17,18). The van der Waals surface area contributed by atoms with E-state index in [1.807, 2.05) is 19.1 Å². The van der Waals surface area contributed by atoms with Crippen molar-refractivity contribution >= 4 is 17.3 Å². The van der Waals surface area contributed by atoms with Crippen LogP contribution in [0, 0.1) is 0 Å². The van der Waals surface area contributed by atoms with Gasteiger partial charge in [0.1, 0.15) is 29.0 Å². The number of ether oxygens (including phenoxy) is 2. The highest BCUT2D eigenvalue weighted by Crippen LogP contribution is 2.27. The second-order valence-electron chi connectivity index (χ2n) is 4.17. The summed E-state index contributed by atoms with van der Waals surface area (Å²) in [6, 6.07) is 7.20. The lowest BCUT2D eigenvalue weighted by molar-refractivity contribution is 0.395. The zero-order valence-corrected chi connectivity index (χ0v) is 11.8. The normalized spacial score (nSPS) is 10.2. The number of rotatable bonds is 5. The van der Waals surface area contributed by atoms with Crippen molar-refractivity contribution < 1.29 is 9.47 Å². The van der Waals surface area contributed by atoms with Gasteiger partial charge in [-0.25, -0.2) is 9.97 Å². The van der Waals surface area contributed by atoms with Crippen LogP contribution in [0.15, 0.2) is 24.3 Å². The quantitative estimate of drug-likeness (QED) is 0.871. The smallest absolute Gasteiger partial charge is 0.136 e. The molecule has 20 heavy (non-hydrogen) atoms. The molecule has 2 aromatic rings. The number of methoxy groups -OCH3 is 2. The van der Waals surface area contributed by atoms with Gasteiger partial charge in [0, 0.05) is 36.4 Å². The molecule has 1 aromatic carbocycles. The van der Waals surface area contributed by atoms with Gasteiger partial charge in [-0.1, -0.05) is 6.92 Å². The number of aryl methyl sites for hydroxylation is 1. The number of nitrogens with one attached hydrogen (secondary N) is 1. The lowest BCUT2D eigenvalue weighted by atomic mass is 10.2. The maximum absolute atomic E-state index is 5.76. The molecule has 0 radical (unpaired) electrons. The molecule has 6 heteroatoms. The number of nitrogens with two attached hydrogens (primary N) is 1. The first-order chi connectivity index (χ1) is 9.64. The molecule has 106 valence electrons. The van der Waals surface area contributed by atoms with E-state index in [1.165, 1.54) is 0 Å². The highest BCUT2D eigenvalue weighted by molar-refractivity contribution is 5.62. The average molecular weight is 274 g/mol. The number of hydrogen-bond donors (Lipinski definition) is 2. The minimum atomic E-state index is 0.439. The molecule has 0 aliphatic carbocycles. The molecular formula is C14H18N4O2. The number of aromatic nitrogens is 2. The van der Waals surface area contributed by atoms with E-state index in [0.717, 1.165) is 12.1 Å². The summed E-state index contributed by atoms with van der Waals surface area (Å²) in [5.41, 5.74) is 6.57. The molecule has 0 fully saturated rings. The number of hydrogen-bond acceptors (Lipinski definition) is 6. The summed E-state index contributed by atoms with van der Waals surface area (Å²) in [6.07, 6.45) is 0.723. The molecule has 3 N–H and O–H groups in total. The second kappa shape index (κ2) is 6.10. The molecule has 0 bridgehead atoms. The van der Waals surface area contributed by atoms with Gasteiger partial charge >= 0.3 is 0 Å². The Labute approximate surface area is 118 Å². The third-order valence-electron chi connectivity index (χ3n) is 2.73. The van der Waals surface area contributed by atoms with E-state index in [0.29, 0.717) is 29.0 Å². The van der Waals surface area contributed by atoms with Gasteiger partial charge in [-0.05, 0) is 0 Å². The SMILES string of the molecule is CCc1nc(N)cc(Nc2cc(OC)cc(OC)c2)n1. The first-order valence-corrected chi connectivity index (χ1v) is 6.28. The fourth-order valence-electron chi connectivity index (χ4n) is 1.77. The molecule has 0 unspecified atom stereocenters. The van der Waals surface area contributed by atoms with Crippen molar-refractivity contribution in [2.24, 2.45) is 0 Å². The molecule has 0 saturated carbocycles. The Hall–Kier alpha value is -2.50. The molecule has 1 heterocycles. The lowest BCUT2D eigenvalue weighted by Gasteiger charge is -2.11. The summed E-state index contributed by atoms with van der Waals surface area (Å²) >= 11 is 0. The monoisotopic (exact) mass is 274 g/mol. The average Bonchev–Trinajstić information content (AvgIpc) is 2.46. The Bertz CT molecular complexity index is 579. The fourth-order valence-corrected chi connectivity index (χ4v) is 1.77. The van der Waals surface area contributed by atoms with Crippen LogP contribution >= 0.6 is 0 Å². The van der Waals surface area contributed by atoms with Crippen LogP contribution in [0.25, 0.3) is 0 Å². The largest absolute Gasteiger partial charge is 0.497 e. The predicted molar refractivity (Wildman–Crippen MR) is 78.7 cm³/mol. The fraction of sp³-hybridized carbons (Fsp3) is 0.286. The molecule has 2 rings (SSSR count). The summed E-state index contributed by atoms with van der Waals surface area (Å²) in [7, 11) is 3.22. The maximum atomic E-state index is 5.76. The van der Waals surface area contributed by atoms with Crippen molar-refractivity contribution in [1.82, 2.24) is 9.97 Å². The maximum Gasteiger partial charge on any atom is 0.136 e. The van der Waals surface area contributed by atoms with Crippen LogP contribution in [0.4, 0.5) is 17.3 Å². The van der Waals surface area contributed by atoms with Gasteiger partial charge in [-0.15, -0.1) is 0 Å². The Balaban J connectivity index is 2.31. The zero-order valence-electron chi connectivity index (χ0n) is 11.8. The molecule has 1 aromatic heterocycles. The van der Waals surface area contributed by atoms with Crippen LogP contribution in [0.1, 0.15) is 12.7 Å². The summed E-state index contributed by atoms with van der Waals surface area (Å²) in [5.74, 6) is 3.18. The number of benzene rings is 1. The highest BCUT2D eigenvalue weighted by atomic mass is 16.5. The lowest BCUT2D eigenvalue weighted by Crippen LogP contribution is -2.03. The molecular weight excluding hydrogens is 256 g/mol. The third-order valence-corrected chi connectivity index (χ3v) is 2.73. The van der Waals surface area contributed by atoms with Gasteiger partial charge in [0.2, 0.25) is 0 Å². The number of nitrogens with zero attached hydrogens (tertiary/aromatic N) is 2. The van der Waals surface area contributed by atoms with E-state index in [2.05, 4.69) is 15.3 Å². The molecule has 0 saturated heterocycles. The molecule has 0 spiro atoms. The van der Waals surface area contributed by atoms with Crippen LogP contribution in [0.3, 0.4) is 0 Å². The van der Waals surface area contributed by atoms with Crippen LogP contribution in [0.5, 0.6) is 11.5 Å². The Morgan fingerprint density at radius 1 is 1.05 bits per heavy atom. The van der Waals surface area contributed by atoms with Crippen molar-refractivity contribution in [3.8, 4) is 11.5 Å². The van der Waals surface area contributed by atoms with E-state index < -0.39 is 0 Å². The van der Waals surface area contributed by atoms with Gasteiger partial charge in [-0.3, -0.25) is 0 Å². The molecule has 0 aliphatic rings. The number of anilines is 3. The Morgan fingerprint density at radius 3 is 2.25 bits per heavy atom. The topological polar surface area (TPSA) is 82.3 Å². The van der Waals surface area contributed by atoms with Crippen molar-refractivity contribution in [2.45, 2.75) is 13.3 Å². The summed E-state index contributed by atoms with van der Waals surface area (Å²) in [4.78, 5) is 8.51. The van der Waals surface area contributed by atoms with Crippen molar-refractivity contribution in [3.05, 3.63) is 30.1 Å². The van der Waals surface area contributed by atoms with Crippen molar-refractivity contribution in [1.29, 1.82) is 0 Å². The van der Waals surface area contributed by atoms with E-state index in [9.17, 15) is 0 Å². The molecule has 0 amide bonds. The van der Waals surface area contributed by atoms with Crippen LogP contribution in [0.2, 0.25) is 0 Å². The zero-order chi connectivity index (χ0) is 14.5. The summed E-state index contributed by atoms with van der Waals surface area (Å²) in [6.45, 7) is 1.98. The van der Waals surface area contributed by atoms with E-state index in [-0.39, 0.29) is 0 Å². The van der Waals surface area contributed by atoms with Gasteiger partial charge in [0.15, 0.2) is 0 Å². The first-order valence-electron chi connectivity index (χ1n) is 6.28.